The number of carbonyl (C=O) groups is 2. The minimum Gasteiger partial charge on any atom is -0.481 e. The Morgan fingerprint density at radius 3 is 2.37 bits per heavy atom. The Balaban J connectivity index is 1.65. The number of rotatable bonds is 6. The van der Waals surface area contributed by atoms with Crippen LogP contribution in [0.3, 0.4) is 0 Å². The molecule has 2 N–H and O–H groups in total. The third kappa shape index (κ3) is 5.23. The van der Waals surface area contributed by atoms with Gasteiger partial charge in [-0.25, -0.2) is 0 Å². The maximum Gasteiger partial charge on any atom is 0.307 e. The largest absolute Gasteiger partial charge is 0.481 e. The van der Waals surface area contributed by atoms with Gasteiger partial charge in [0.05, 0.1) is 20.7 Å². The summed E-state index contributed by atoms with van der Waals surface area (Å²) in [6.07, 6.45) is -0.107. The number of thiophene rings is 1. The van der Waals surface area contributed by atoms with Crippen LogP contribution in [0.25, 0.3) is 0 Å². The molecule has 1 amide bonds. The lowest BCUT2D eigenvalue weighted by Gasteiger charge is -2.10. The fourth-order valence-corrected chi connectivity index (χ4v) is 3.45. The zero-order chi connectivity index (χ0) is 19.4. The fourth-order valence-electron chi connectivity index (χ4n) is 2.27. The molecule has 2 aromatic carbocycles. The molecule has 0 spiro atoms. The van der Waals surface area contributed by atoms with Gasteiger partial charge in [-0.1, -0.05) is 29.3 Å². The molecular formula is C19H13Cl2NO4S. The second kappa shape index (κ2) is 8.43. The third-order valence-corrected chi connectivity index (χ3v) is 5.01. The smallest absolute Gasteiger partial charge is 0.307 e. The van der Waals surface area contributed by atoms with Crippen LogP contribution in [0.5, 0.6) is 11.5 Å². The van der Waals surface area contributed by atoms with E-state index in [0.717, 1.165) is 0 Å². The van der Waals surface area contributed by atoms with E-state index in [9.17, 15) is 9.59 Å². The number of amides is 1. The molecule has 0 unspecified atom stereocenters. The predicted molar refractivity (Wildman–Crippen MR) is 107 cm³/mol. The maximum atomic E-state index is 12.1. The summed E-state index contributed by atoms with van der Waals surface area (Å²) in [5.41, 5.74) is 1.20. The van der Waals surface area contributed by atoms with Crippen LogP contribution in [-0.2, 0) is 11.2 Å². The van der Waals surface area contributed by atoms with Gasteiger partial charge in [-0.3, -0.25) is 9.59 Å². The first-order valence-electron chi connectivity index (χ1n) is 7.75. The van der Waals surface area contributed by atoms with Crippen molar-refractivity contribution >= 4 is 52.1 Å². The van der Waals surface area contributed by atoms with Crippen molar-refractivity contribution in [1.29, 1.82) is 0 Å². The Morgan fingerprint density at radius 1 is 1.04 bits per heavy atom. The number of benzene rings is 2. The first-order chi connectivity index (χ1) is 12.9. The average Bonchev–Trinajstić information content (AvgIpc) is 3.05. The van der Waals surface area contributed by atoms with E-state index in [-0.39, 0.29) is 12.3 Å². The topological polar surface area (TPSA) is 75.6 Å². The van der Waals surface area contributed by atoms with Crippen LogP contribution in [0.4, 0.5) is 5.69 Å². The van der Waals surface area contributed by atoms with Gasteiger partial charge in [0.2, 0.25) is 0 Å². The molecule has 5 nitrogen and oxygen atoms in total. The van der Waals surface area contributed by atoms with E-state index in [4.69, 9.17) is 33.0 Å². The molecule has 0 fully saturated rings. The standard InChI is InChI=1S/C19H13Cl2NO4S/c20-14-9-11(10-18(23)24)1-6-15(14)26-13-4-2-12(3-5-13)22-19(25)16-7-8-17(21)27-16/h1-9H,10H2,(H,22,25)(H,23,24). The van der Waals surface area contributed by atoms with Gasteiger partial charge in [-0.2, -0.15) is 0 Å². The Labute approximate surface area is 169 Å². The zero-order valence-electron chi connectivity index (χ0n) is 13.7. The maximum absolute atomic E-state index is 12.1. The number of aliphatic carboxylic acids is 1. The first kappa shape index (κ1) is 19.2. The summed E-state index contributed by atoms with van der Waals surface area (Å²) >= 11 is 13.2. The Kier molecular flexibility index (Phi) is 6.01. The SMILES string of the molecule is O=C(O)Cc1ccc(Oc2ccc(NC(=O)c3ccc(Cl)s3)cc2)c(Cl)c1. The summed E-state index contributed by atoms with van der Waals surface area (Å²) in [4.78, 5) is 23.4. The van der Waals surface area contributed by atoms with Gasteiger partial charge in [-0.15, -0.1) is 11.3 Å². The van der Waals surface area contributed by atoms with Gasteiger partial charge < -0.3 is 15.2 Å². The van der Waals surface area contributed by atoms with Crippen LogP contribution in [0.15, 0.2) is 54.6 Å². The third-order valence-electron chi connectivity index (χ3n) is 3.49. The highest BCUT2D eigenvalue weighted by molar-refractivity contribution is 7.18. The molecule has 0 aliphatic rings. The monoisotopic (exact) mass is 421 g/mol. The minimum absolute atomic E-state index is 0.107. The van der Waals surface area contributed by atoms with Crippen molar-refractivity contribution in [2.24, 2.45) is 0 Å². The minimum atomic E-state index is -0.929. The molecule has 0 aliphatic carbocycles. The van der Waals surface area contributed by atoms with E-state index in [2.05, 4.69) is 5.32 Å². The van der Waals surface area contributed by atoms with Crippen molar-refractivity contribution in [3.63, 3.8) is 0 Å². The van der Waals surface area contributed by atoms with Gasteiger partial charge in [-0.05, 0) is 54.1 Å². The van der Waals surface area contributed by atoms with Gasteiger partial charge in [0, 0.05) is 5.69 Å². The number of anilines is 1. The molecule has 0 saturated heterocycles. The van der Waals surface area contributed by atoms with E-state index in [1.807, 2.05) is 0 Å². The van der Waals surface area contributed by atoms with E-state index in [0.29, 0.717) is 37.0 Å². The summed E-state index contributed by atoms with van der Waals surface area (Å²) in [6, 6.07) is 15.0. The molecule has 0 saturated carbocycles. The van der Waals surface area contributed by atoms with E-state index in [1.165, 1.54) is 11.3 Å². The van der Waals surface area contributed by atoms with Gasteiger partial charge in [0.1, 0.15) is 11.5 Å². The molecule has 27 heavy (non-hydrogen) atoms. The van der Waals surface area contributed by atoms with Crippen LogP contribution in [-0.4, -0.2) is 17.0 Å². The highest BCUT2D eigenvalue weighted by Crippen LogP contribution is 2.31. The molecule has 3 rings (SSSR count). The average molecular weight is 422 g/mol. The van der Waals surface area contributed by atoms with Crippen LogP contribution in [0, 0.1) is 0 Å². The number of ether oxygens (including phenoxy) is 1. The molecule has 1 heterocycles. The van der Waals surface area contributed by atoms with E-state index < -0.39 is 5.97 Å². The van der Waals surface area contributed by atoms with Crippen molar-refractivity contribution in [1.82, 2.24) is 0 Å². The summed E-state index contributed by atoms with van der Waals surface area (Å²) in [6.45, 7) is 0. The Bertz CT molecular complexity index is 986. The Morgan fingerprint density at radius 2 is 1.78 bits per heavy atom. The quantitative estimate of drug-likeness (QED) is 0.532. The predicted octanol–water partition coefficient (Wildman–Crippen LogP) is 5.73. The molecule has 0 aliphatic heterocycles. The highest BCUT2D eigenvalue weighted by atomic mass is 35.5. The normalized spacial score (nSPS) is 10.4. The zero-order valence-corrected chi connectivity index (χ0v) is 16.1. The second-order valence-corrected chi connectivity index (χ2v) is 7.64. The molecule has 0 bridgehead atoms. The van der Waals surface area contributed by atoms with Crippen molar-refractivity contribution in [2.45, 2.75) is 6.42 Å². The molecule has 0 atom stereocenters. The molecule has 1 aromatic heterocycles. The molecular weight excluding hydrogens is 409 g/mol. The summed E-state index contributed by atoms with van der Waals surface area (Å²) < 4.78 is 6.26. The number of carboxylic acids is 1. The van der Waals surface area contributed by atoms with Crippen molar-refractivity contribution < 1.29 is 19.4 Å². The van der Waals surface area contributed by atoms with Crippen molar-refractivity contribution in [3.8, 4) is 11.5 Å². The van der Waals surface area contributed by atoms with Crippen LogP contribution in [0.1, 0.15) is 15.2 Å². The first-order valence-corrected chi connectivity index (χ1v) is 9.33. The number of hydrogen-bond donors (Lipinski definition) is 2. The molecule has 3 aromatic rings. The van der Waals surface area contributed by atoms with Crippen molar-refractivity contribution in [3.05, 3.63) is 74.4 Å². The fraction of sp³-hybridized carbons (Fsp3) is 0.0526. The number of carboxylic acid groups (broad SMARTS) is 1. The lowest BCUT2D eigenvalue weighted by Crippen LogP contribution is -2.09. The van der Waals surface area contributed by atoms with Gasteiger partial charge in [0.15, 0.2) is 0 Å². The molecule has 138 valence electrons. The van der Waals surface area contributed by atoms with Gasteiger partial charge >= 0.3 is 5.97 Å². The van der Waals surface area contributed by atoms with Gasteiger partial charge in [0.25, 0.3) is 5.91 Å². The Hall–Kier alpha value is -2.54. The van der Waals surface area contributed by atoms with Crippen molar-refractivity contribution in [2.75, 3.05) is 5.32 Å². The number of hydrogen-bond acceptors (Lipinski definition) is 4. The second-order valence-electron chi connectivity index (χ2n) is 5.52. The number of carbonyl (C=O) groups excluding carboxylic acids is 1. The highest BCUT2D eigenvalue weighted by Gasteiger charge is 2.10. The summed E-state index contributed by atoms with van der Waals surface area (Å²) in [5.74, 6) is -0.226. The number of nitrogens with one attached hydrogen (secondary N) is 1. The van der Waals surface area contributed by atoms with E-state index >= 15 is 0 Å². The van der Waals surface area contributed by atoms with Crippen LogP contribution >= 0.6 is 34.5 Å². The summed E-state index contributed by atoms with van der Waals surface area (Å²) in [5, 5.41) is 11.9. The number of halogens is 2. The summed E-state index contributed by atoms with van der Waals surface area (Å²) in [7, 11) is 0. The van der Waals surface area contributed by atoms with Crippen LogP contribution in [0.2, 0.25) is 9.36 Å². The van der Waals surface area contributed by atoms with Crippen LogP contribution < -0.4 is 10.1 Å². The lowest BCUT2D eigenvalue weighted by atomic mass is 10.1. The van der Waals surface area contributed by atoms with E-state index in [1.54, 1.807) is 54.6 Å². The lowest BCUT2D eigenvalue weighted by molar-refractivity contribution is -0.136. The molecule has 8 heteroatoms. The molecule has 0 radical (unpaired) electrons.